The van der Waals surface area contributed by atoms with Crippen molar-refractivity contribution in [3.05, 3.63) is 23.3 Å². The van der Waals surface area contributed by atoms with E-state index in [1.54, 1.807) is 19.2 Å². The van der Waals surface area contributed by atoms with E-state index in [9.17, 15) is 4.79 Å². The van der Waals surface area contributed by atoms with Crippen molar-refractivity contribution in [3.63, 3.8) is 0 Å². The molecule has 0 saturated carbocycles. The van der Waals surface area contributed by atoms with E-state index in [0.717, 1.165) is 5.56 Å². The van der Waals surface area contributed by atoms with Gasteiger partial charge in [-0.3, -0.25) is 4.79 Å². The number of ether oxygens (including phenoxy) is 3. The van der Waals surface area contributed by atoms with Crippen LogP contribution in [0.3, 0.4) is 0 Å². The Labute approximate surface area is 99.9 Å². The third-order valence-electron chi connectivity index (χ3n) is 2.32. The van der Waals surface area contributed by atoms with E-state index in [-0.39, 0.29) is 6.42 Å². The van der Waals surface area contributed by atoms with Crippen molar-refractivity contribution < 1.29 is 24.1 Å². The van der Waals surface area contributed by atoms with Gasteiger partial charge in [0, 0.05) is 18.2 Å². The summed E-state index contributed by atoms with van der Waals surface area (Å²) in [4.78, 5) is 10.7. The Bertz CT molecular complexity index is 400. The predicted octanol–water partition coefficient (Wildman–Crippen LogP) is 1.48. The molecule has 0 saturated heterocycles. The lowest BCUT2D eigenvalue weighted by atomic mass is 10.1. The van der Waals surface area contributed by atoms with Gasteiger partial charge in [-0.2, -0.15) is 0 Å². The number of carboxylic acid groups (broad SMARTS) is 1. The normalized spacial score (nSPS) is 10.1. The van der Waals surface area contributed by atoms with Gasteiger partial charge in [-0.1, -0.05) is 12.1 Å². The summed E-state index contributed by atoms with van der Waals surface area (Å²) in [5.41, 5.74) is 1.40. The van der Waals surface area contributed by atoms with Crippen LogP contribution in [0.1, 0.15) is 11.1 Å². The third-order valence-corrected chi connectivity index (χ3v) is 2.32. The van der Waals surface area contributed by atoms with E-state index in [0.29, 0.717) is 23.7 Å². The zero-order chi connectivity index (χ0) is 12.8. The van der Waals surface area contributed by atoms with Crippen LogP contribution in [-0.4, -0.2) is 32.4 Å². The number of hydrogen-bond donors (Lipinski definition) is 1. The van der Waals surface area contributed by atoms with Crippen LogP contribution >= 0.6 is 0 Å². The van der Waals surface area contributed by atoms with E-state index in [2.05, 4.69) is 0 Å². The SMILES string of the molecule is COCc1ccc(CC(=O)O)c(OC)c1OC. The molecule has 0 spiro atoms. The Morgan fingerprint density at radius 2 is 1.65 bits per heavy atom. The molecule has 0 aliphatic rings. The molecule has 1 N–H and O–H groups in total. The van der Waals surface area contributed by atoms with Crippen LogP contribution in [-0.2, 0) is 22.6 Å². The molecule has 0 fully saturated rings. The summed E-state index contributed by atoms with van der Waals surface area (Å²) in [5.74, 6) is 0.0578. The minimum absolute atomic E-state index is 0.104. The maximum atomic E-state index is 10.7. The molecule has 0 bridgehead atoms. The summed E-state index contributed by atoms with van der Waals surface area (Å²) >= 11 is 0. The molecule has 0 radical (unpaired) electrons. The van der Waals surface area contributed by atoms with Crippen molar-refractivity contribution in [2.45, 2.75) is 13.0 Å². The highest BCUT2D eigenvalue weighted by atomic mass is 16.5. The monoisotopic (exact) mass is 240 g/mol. The quantitative estimate of drug-likeness (QED) is 0.815. The zero-order valence-corrected chi connectivity index (χ0v) is 10.1. The number of rotatable bonds is 6. The first kappa shape index (κ1) is 13.3. The molecule has 17 heavy (non-hydrogen) atoms. The van der Waals surface area contributed by atoms with Gasteiger partial charge in [0.25, 0.3) is 0 Å². The number of carbonyl (C=O) groups is 1. The smallest absolute Gasteiger partial charge is 0.307 e. The second-order valence-corrected chi connectivity index (χ2v) is 3.45. The molecular weight excluding hydrogens is 224 g/mol. The Morgan fingerprint density at radius 1 is 1.12 bits per heavy atom. The summed E-state index contributed by atoms with van der Waals surface area (Å²) in [7, 11) is 4.58. The molecule has 0 unspecified atom stereocenters. The third kappa shape index (κ3) is 3.10. The second kappa shape index (κ2) is 6.10. The van der Waals surface area contributed by atoms with Crippen LogP contribution in [0.2, 0.25) is 0 Å². The van der Waals surface area contributed by atoms with Gasteiger partial charge in [0.05, 0.1) is 27.2 Å². The molecule has 0 aromatic heterocycles. The van der Waals surface area contributed by atoms with Crippen LogP contribution < -0.4 is 9.47 Å². The molecule has 0 aliphatic carbocycles. The van der Waals surface area contributed by atoms with Gasteiger partial charge in [0.1, 0.15) is 0 Å². The molecule has 5 nitrogen and oxygen atoms in total. The first-order chi connectivity index (χ1) is 8.13. The summed E-state index contributed by atoms with van der Waals surface area (Å²) in [6, 6.07) is 3.49. The van der Waals surface area contributed by atoms with E-state index in [1.165, 1.54) is 14.2 Å². The maximum absolute atomic E-state index is 10.7. The largest absolute Gasteiger partial charge is 0.493 e. The van der Waals surface area contributed by atoms with Crippen LogP contribution in [0.5, 0.6) is 11.5 Å². The Hall–Kier alpha value is -1.75. The highest BCUT2D eigenvalue weighted by molar-refractivity contribution is 5.72. The standard InChI is InChI=1S/C12H16O5/c1-15-7-9-5-4-8(6-10(13)14)11(16-2)12(9)17-3/h4-5H,6-7H2,1-3H3,(H,13,14). The lowest BCUT2D eigenvalue weighted by Crippen LogP contribution is -2.05. The van der Waals surface area contributed by atoms with E-state index >= 15 is 0 Å². The molecule has 0 aliphatic heterocycles. The van der Waals surface area contributed by atoms with Crippen molar-refractivity contribution in [1.82, 2.24) is 0 Å². The number of aliphatic carboxylic acids is 1. The number of hydrogen-bond acceptors (Lipinski definition) is 4. The number of carboxylic acids is 1. The molecule has 1 aromatic rings. The molecule has 94 valence electrons. The molecule has 1 rings (SSSR count). The molecule has 5 heteroatoms. The van der Waals surface area contributed by atoms with Crippen molar-refractivity contribution in [2.24, 2.45) is 0 Å². The molecule has 0 heterocycles. The fraction of sp³-hybridized carbons (Fsp3) is 0.417. The maximum Gasteiger partial charge on any atom is 0.307 e. The van der Waals surface area contributed by atoms with Gasteiger partial charge in [0.2, 0.25) is 0 Å². The van der Waals surface area contributed by atoms with Crippen molar-refractivity contribution in [3.8, 4) is 11.5 Å². The van der Waals surface area contributed by atoms with Crippen LogP contribution in [0, 0.1) is 0 Å². The van der Waals surface area contributed by atoms with Gasteiger partial charge < -0.3 is 19.3 Å². The van der Waals surface area contributed by atoms with Crippen LogP contribution in [0.15, 0.2) is 12.1 Å². The topological polar surface area (TPSA) is 65.0 Å². The van der Waals surface area contributed by atoms with E-state index < -0.39 is 5.97 Å². The highest BCUT2D eigenvalue weighted by Crippen LogP contribution is 2.35. The van der Waals surface area contributed by atoms with Gasteiger partial charge in [-0.25, -0.2) is 0 Å². The molecule has 0 amide bonds. The Morgan fingerprint density at radius 3 is 2.12 bits per heavy atom. The van der Waals surface area contributed by atoms with Crippen molar-refractivity contribution in [2.75, 3.05) is 21.3 Å². The fourth-order valence-electron chi connectivity index (χ4n) is 1.66. The van der Waals surface area contributed by atoms with E-state index in [1.807, 2.05) is 0 Å². The second-order valence-electron chi connectivity index (χ2n) is 3.45. The lowest BCUT2D eigenvalue weighted by Gasteiger charge is -2.15. The zero-order valence-electron chi connectivity index (χ0n) is 10.1. The minimum atomic E-state index is -0.912. The van der Waals surface area contributed by atoms with Gasteiger partial charge >= 0.3 is 5.97 Å². The van der Waals surface area contributed by atoms with Gasteiger partial charge in [-0.05, 0) is 0 Å². The van der Waals surface area contributed by atoms with Gasteiger partial charge in [0.15, 0.2) is 11.5 Å². The average Bonchev–Trinajstić information content (AvgIpc) is 2.30. The van der Waals surface area contributed by atoms with Gasteiger partial charge in [-0.15, -0.1) is 0 Å². The Balaban J connectivity index is 3.21. The number of methoxy groups -OCH3 is 3. The van der Waals surface area contributed by atoms with Crippen molar-refractivity contribution in [1.29, 1.82) is 0 Å². The minimum Gasteiger partial charge on any atom is -0.493 e. The predicted molar refractivity (Wildman–Crippen MR) is 61.6 cm³/mol. The fourth-order valence-corrected chi connectivity index (χ4v) is 1.66. The first-order valence-corrected chi connectivity index (χ1v) is 5.07. The average molecular weight is 240 g/mol. The molecule has 0 atom stereocenters. The highest BCUT2D eigenvalue weighted by Gasteiger charge is 2.16. The summed E-state index contributed by atoms with van der Waals surface area (Å²) in [5, 5.41) is 8.80. The first-order valence-electron chi connectivity index (χ1n) is 5.07. The van der Waals surface area contributed by atoms with Crippen molar-refractivity contribution >= 4 is 5.97 Å². The van der Waals surface area contributed by atoms with Crippen LogP contribution in [0.4, 0.5) is 0 Å². The van der Waals surface area contributed by atoms with E-state index in [4.69, 9.17) is 19.3 Å². The number of benzene rings is 1. The molecular formula is C12H16O5. The summed E-state index contributed by atoms with van der Waals surface area (Å²) in [6.07, 6.45) is -0.104. The summed E-state index contributed by atoms with van der Waals surface area (Å²) in [6.45, 7) is 0.382. The van der Waals surface area contributed by atoms with Crippen LogP contribution in [0.25, 0.3) is 0 Å². The lowest BCUT2D eigenvalue weighted by molar-refractivity contribution is -0.136. The summed E-state index contributed by atoms with van der Waals surface area (Å²) < 4.78 is 15.5. The Kier molecular flexibility index (Phi) is 4.78. The molecule has 1 aromatic carbocycles.